The largest absolute Gasteiger partial charge is 0.494 e. The van der Waals surface area contributed by atoms with Gasteiger partial charge >= 0.3 is 0 Å². The van der Waals surface area contributed by atoms with Crippen LogP contribution in [0.5, 0.6) is 5.75 Å². The molecule has 0 saturated carbocycles. The molecule has 0 spiro atoms. The van der Waals surface area contributed by atoms with Crippen LogP contribution >= 0.6 is 11.3 Å². The minimum atomic E-state index is 0.0589. The van der Waals surface area contributed by atoms with Crippen molar-refractivity contribution in [2.24, 2.45) is 0 Å². The lowest BCUT2D eigenvalue weighted by molar-refractivity contribution is 0.302. The van der Waals surface area contributed by atoms with Gasteiger partial charge in [0.15, 0.2) is 0 Å². The highest BCUT2D eigenvalue weighted by molar-refractivity contribution is 7.17. The number of rotatable bonds is 7. The number of benzene rings is 2. The Morgan fingerprint density at radius 1 is 1.06 bits per heavy atom. The fourth-order valence-corrected chi connectivity index (χ4v) is 5.43. The van der Waals surface area contributed by atoms with Crippen LogP contribution in [0.15, 0.2) is 59.0 Å². The minimum absolute atomic E-state index is 0.0589. The second-order valence-corrected chi connectivity index (χ2v) is 9.49. The number of unbranched alkanes of at least 4 members (excludes halogenated alkanes) is 1. The molecule has 5 rings (SSSR count). The Hall–Kier alpha value is -2.92. The van der Waals surface area contributed by atoms with Gasteiger partial charge in [-0.15, -0.1) is 11.3 Å². The van der Waals surface area contributed by atoms with Crippen LogP contribution in [0.25, 0.3) is 21.3 Å². The van der Waals surface area contributed by atoms with Crippen molar-refractivity contribution in [3.8, 4) is 16.9 Å². The highest BCUT2D eigenvalue weighted by Gasteiger charge is 2.16. The third-order valence-corrected chi connectivity index (χ3v) is 7.16. The van der Waals surface area contributed by atoms with Gasteiger partial charge in [-0.05, 0) is 79.8 Å². The van der Waals surface area contributed by atoms with Crippen LogP contribution in [-0.2, 0) is 19.4 Å². The van der Waals surface area contributed by atoms with Gasteiger partial charge in [0, 0.05) is 17.5 Å². The minimum Gasteiger partial charge on any atom is -0.494 e. The molecule has 0 fully saturated rings. The Bertz CT molecular complexity index is 1300. The van der Waals surface area contributed by atoms with E-state index in [-0.39, 0.29) is 5.56 Å². The summed E-state index contributed by atoms with van der Waals surface area (Å²) in [5.41, 5.74) is 6.31. The van der Waals surface area contributed by atoms with Gasteiger partial charge in [0.05, 0.1) is 18.3 Å². The first-order chi connectivity index (χ1) is 15.7. The Balaban J connectivity index is 1.30. The van der Waals surface area contributed by atoms with Crippen LogP contribution in [0.4, 0.5) is 0 Å². The molecule has 0 atom stereocenters. The van der Waals surface area contributed by atoms with Gasteiger partial charge < -0.3 is 4.74 Å². The normalized spacial score (nSPS) is 13.3. The summed E-state index contributed by atoms with van der Waals surface area (Å²) >= 11 is 1.56. The third-order valence-electron chi connectivity index (χ3n) is 6.27. The van der Waals surface area contributed by atoms with Crippen LogP contribution in [0, 0.1) is 6.92 Å². The van der Waals surface area contributed by atoms with Crippen LogP contribution in [0.3, 0.4) is 0 Å². The first kappa shape index (κ1) is 21.0. The zero-order valence-corrected chi connectivity index (χ0v) is 19.3. The summed E-state index contributed by atoms with van der Waals surface area (Å²) in [6.45, 7) is 3.36. The lowest BCUT2D eigenvalue weighted by Gasteiger charge is -2.16. The van der Waals surface area contributed by atoms with Gasteiger partial charge in [0.25, 0.3) is 5.56 Å². The standard InChI is InChI=1S/C27H28N2O2S/c1-19-7-6-10-23(15-19)31-14-5-4-13-29-18-28-26-25(27(29)30)24(17-32-26)22-12-11-20-8-2-3-9-21(20)16-22/h6-7,10-12,15-18H,2-5,8-9,13-14H2,1H3. The molecule has 1 aliphatic carbocycles. The summed E-state index contributed by atoms with van der Waals surface area (Å²) in [4.78, 5) is 18.7. The second-order valence-electron chi connectivity index (χ2n) is 8.64. The topological polar surface area (TPSA) is 44.1 Å². The van der Waals surface area contributed by atoms with Crippen molar-refractivity contribution < 1.29 is 4.74 Å². The molecule has 4 aromatic rings. The summed E-state index contributed by atoms with van der Waals surface area (Å²) in [5, 5.41) is 2.84. The SMILES string of the molecule is Cc1cccc(OCCCCn2cnc3scc(-c4ccc5c(c4)CCCC5)c3c2=O)c1. The van der Waals surface area contributed by atoms with E-state index in [1.54, 1.807) is 22.2 Å². The van der Waals surface area contributed by atoms with E-state index in [1.807, 2.05) is 18.2 Å². The predicted molar refractivity (Wildman–Crippen MR) is 132 cm³/mol. The summed E-state index contributed by atoms with van der Waals surface area (Å²) in [6.07, 6.45) is 8.29. The maximum atomic E-state index is 13.3. The zero-order chi connectivity index (χ0) is 21.9. The van der Waals surface area contributed by atoms with Gasteiger partial charge in [-0.25, -0.2) is 4.98 Å². The average molecular weight is 445 g/mol. The molecule has 0 radical (unpaired) electrons. The van der Waals surface area contributed by atoms with Gasteiger partial charge in [-0.2, -0.15) is 0 Å². The van der Waals surface area contributed by atoms with E-state index in [9.17, 15) is 4.79 Å². The molecule has 164 valence electrons. The molecule has 0 saturated heterocycles. The summed E-state index contributed by atoms with van der Waals surface area (Å²) in [6, 6.07) is 14.8. The Morgan fingerprint density at radius 2 is 1.94 bits per heavy atom. The van der Waals surface area contributed by atoms with E-state index in [1.165, 1.54) is 36.0 Å². The zero-order valence-electron chi connectivity index (χ0n) is 18.5. The van der Waals surface area contributed by atoms with E-state index in [0.29, 0.717) is 13.2 Å². The van der Waals surface area contributed by atoms with Crippen molar-refractivity contribution in [2.45, 2.75) is 52.0 Å². The van der Waals surface area contributed by atoms with Crippen LogP contribution in [-0.4, -0.2) is 16.2 Å². The first-order valence-corrected chi connectivity index (χ1v) is 12.4. The number of hydrogen-bond donors (Lipinski definition) is 0. The van der Waals surface area contributed by atoms with E-state index in [0.717, 1.165) is 46.4 Å². The maximum Gasteiger partial charge on any atom is 0.262 e. The fraction of sp³-hybridized carbons (Fsp3) is 0.333. The average Bonchev–Trinajstić information content (AvgIpc) is 3.25. The molecule has 0 bridgehead atoms. The number of aryl methyl sites for hydroxylation is 4. The quantitative estimate of drug-likeness (QED) is 0.320. The van der Waals surface area contributed by atoms with E-state index in [4.69, 9.17) is 4.74 Å². The predicted octanol–water partition coefficient (Wildman–Crippen LogP) is 6.17. The van der Waals surface area contributed by atoms with Crippen LogP contribution < -0.4 is 10.3 Å². The van der Waals surface area contributed by atoms with E-state index in [2.05, 4.69) is 41.6 Å². The van der Waals surface area contributed by atoms with Gasteiger partial charge in [-0.3, -0.25) is 9.36 Å². The molecule has 0 N–H and O–H groups in total. The van der Waals surface area contributed by atoms with Crippen molar-refractivity contribution >= 4 is 21.6 Å². The molecule has 2 aromatic heterocycles. The third kappa shape index (κ3) is 4.35. The van der Waals surface area contributed by atoms with Gasteiger partial charge in [0.2, 0.25) is 0 Å². The molecule has 2 heterocycles. The molecular weight excluding hydrogens is 416 g/mol. The van der Waals surface area contributed by atoms with E-state index < -0.39 is 0 Å². The second kappa shape index (κ2) is 9.29. The van der Waals surface area contributed by atoms with Crippen molar-refractivity contribution in [1.82, 2.24) is 9.55 Å². The van der Waals surface area contributed by atoms with E-state index >= 15 is 0 Å². The van der Waals surface area contributed by atoms with Crippen LogP contribution in [0.1, 0.15) is 42.4 Å². The van der Waals surface area contributed by atoms with Crippen molar-refractivity contribution in [3.63, 3.8) is 0 Å². The lowest BCUT2D eigenvalue weighted by atomic mass is 9.89. The number of hydrogen-bond acceptors (Lipinski definition) is 4. The maximum absolute atomic E-state index is 13.3. The Morgan fingerprint density at radius 3 is 2.81 bits per heavy atom. The number of nitrogens with zero attached hydrogens (tertiary/aromatic N) is 2. The molecule has 2 aromatic carbocycles. The molecule has 0 aliphatic heterocycles. The molecule has 0 unspecified atom stereocenters. The van der Waals surface area contributed by atoms with Crippen LogP contribution in [0.2, 0.25) is 0 Å². The summed E-state index contributed by atoms with van der Waals surface area (Å²) < 4.78 is 7.59. The van der Waals surface area contributed by atoms with Gasteiger partial charge in [0.1, 0.15) is 10.6 Å². The van der Waals surface area contributed by atoms with Crippen molar-refractivity contribution in [2.75, 3.05) is 6.61 Å². The molecular formula is C27H28N2O2S. The monoisotopic (exact) mass is 444 g/mol. The summed E-state index contributed by atoms with van der Waals surface area (Å²) in [7, 11) is 0. The van der Waals surface area contributed by atoms with Crippen molar-refractivity contribution in [3.05, 3.63) is 81.2 Å². The number of thiophene rings is 1. The fourth-order valence-electron chi connectivity index (χ4n) is 4.52. The number of ether oxygens (including phenoxy) is 1. The number of aromatic nitrogens is 2. The molecule has 5 heteroatoms. The smallest absolute Gasteiger partial charge is 0.262 e. The molecule has 1 aliphatic rings. The first-order valence-electron chi connectivity index (χ1n) is 11.5. The highest BCUT2D eigenvalue weighted by Crippen LogP contribution is 2.33. The molecule has 0 amide bonds. The Kier molecular flexibility index (Phi) is 6.08. The number of fused-ring (bicyclic) bond motifs is 2. The highest BCUT2D eigenvalue weighted by atomic mass is 32.1. The Labute approximate surface area is 192 Å². The van der Waals surface area contributed by atoms with Crippen molar-refractivity contribution in [1.29, 1.82) is 0 Å². The van der Waals surface area contributed by atoms with Gasteiger partial charge in [-0.1, -0.05) is 30.3 Å². The summed E-state index contributed by atoms with van der Waals surface area (Å²) in [5.74, 6) is 0.901. The lowest BCUT2D eigenvalue weighted by Crippen LogP contribution is -2.20. The molecule has 32 heavy (non-hydrogen) atoms. The molecule has 4 nitrogen and oxygen atoms in total.